The van der Waals surface area contributed by atoms with Crippen molar-refractivity contribution in [1.82, 2.24) is 10.3 Å². The van der Waals surface area contributed by atoms with E-state index in [-0.39, 0.29) is 12.6 Å². The standard InChI is InChI=1S/C8H10Cl2N2O/c1-11-7(4-13)5-2-8(10)12-3-6(5)9/h2-3,7,11,13H,4H2,1H3/t7-/m1/s1. The molecule has 0 fully saturated rings. The van der Waals surface area contributed by atoms with Gasteiger partial charge in [0.15, 0.2) is 0 Å². The molecule has 72 valence electrons. The number of rotatable bonds is 3. The zero-order valence-corrected chi connectivity index (χ0v) is 8.60. The van der Waals surface area contributed by atoms with E-state index in [9.17, 15) is 0 Å². The van der Waals surface area contributed by atoms with E-state index in [1.165, 1.54) is 6.20 Å². The Morgan fingerprint density at radius 3 is 2.85 bits per heavy atom. The van der Waals surface area contributed by atoms with Crippen LogP contribution >= 0.6 is 23.2 Å². The molecule has 0 bridgehead atoms. The van der Waals surface area contributed by atoms with Crippen molar-refractivity contribution in [2.75, 3.05) is 13.7 Å². The monoisotopic (exact) mass is 220 g/mol. The van der Waals surface area contributed by atoms with Crippen LogP contribution in [0.1, 0.15) is 11.6 Å². The Kier molecular flexibility index (Phi) is 3.93. The summed E-state index contributed by atoms with van der Waals surface area (Å²) in [5, 5.41) is 12.8. The van der Waals surface area contributed by atoms with Gasteiger partial charge >= 0.3 is 0 Å². The second kappa shape index (κ2) is 4.77. The molecule has 0 aliphatic carbocycles. The van der Waals surface area contributed by atoms with Crippen LogP contribution in [0.5, 0.6) is 0 Å². The molecule has 1 rings (SSSR count). The zero-order chi connectivity index (χ0) is 9.84. The smallest absolute Gasteiger partial charge is 0.129 e. The lowest BCUT2D eigenvalue weighted by molar-refractivity contribution is 0.251. The van der Waals surface area contributed by atoms with Crippen molar-refractivity contribution < 1.29 is 5.11 Å². The highest BCUT2D eigenvalue weighted by Gasteiger charge is 2.12. The predicted octanol–water partition coefficient (Wildman–Crippen LogP) is 1.64. The highest BCUT2D eigenvalue weighted by atomic mass is 35.5. The topological polar surface area (TPSA) is 45.1 Å². The molecule has 1 atom stereocenters. The second-order valence-electron chi connectivity index (χ2n) is 2.55. The molecule has 1 aromatic heterocycles. The summed E-state index contributed by atoms with van der Waals surface area (Å²) in [6, 6.07) is 1.44. The fraction of sp³-hybridized carbons (Fsp3) is 0.375. The molecule has 0 spiro atoms. The largest absolute Gasteiger partial charge is 0.394 e. The van der Waals surface area contributed by atoms with Crippen molar-refractivity contribution in [3.63, 3.8) is 0 Å². The molecule has 13 heavy (non-hydrogen) atoms. The number of nitrogens with one attached hydrogen (secondary N) is 1. The van der Waals surface area contributed by atoms with Crippen LogP contribution in [0.15, 0.2) is 12.3 Å². The van der Waals surface area contributed by atoms with Gasteiger partial charge in [-0.05, 0) is 18.7 Å². The molecule has 1 heterocycles. The van der Waals surface area contributed by atoms with Crippen LogP contribution in [-0.4, -0.2) is 23.7 Å². The average Bonchev–Trinajstić information content (AvgIpc) is 2.13. The fourth-order valence-corrected chi connectivity index (χ4v) is 1.44. The molecular formula is C8H10Cl2N2O. The Morgan fingerprint density at radius 2 is 2.31 bits per heavy atom. The van der Waals surface area contributed by atoms with Gasteiger partial charge in [-0.15, -0.1) is 0 Å². The van der Waals surface area contributed by atoms with Crippen LogP contribution in [0.4, 0.5) is 0 Å². The second-order valence-corrected chi connectivity index (χ2v) is 3.35. The van der Waals surface area contributed by atoms with E-state index < -0.39 is 0 Å². The number of hydrogen-bond donors (Lipinski definition) is 2. The van der Waals surface area contributed by atoms with Crippen molar-refractivity contribution in [2.24, 2.45) is 0 Å². The van der Waals surface area contributed by atoms with Gasteiger partial charge in [-0.3, -0.25) is 0 Å². The van der Waals surface area contributed by atoms with Gasteiger partial charge < -0.3 is 10.4 Å². The van der Waals surface area contributed by atoms with Crippen LogP contribution in [0.2, 0.25) is 10.2 Å². The lowest BCUT2D eigenvalue weighted by Crippen LogP contribution is -2.20. The van der Waals surface area contributed by atoms with E-state index in [1.54, 1.807) is 13.1 Å². The van der Waals surface area contributed by atoms with Crippen LogP contribution < -0.4 is 5.32 Å². The molecule has 0 aliphatic heterocycles. The maximum absolute atomic E-state index is 9.01. The third-order valence-electron chi connectivity index (χ3n) is 1.76. The van der Waals surface area contributed by atoms with Crippen LogP contribution in [0.25, 0.3) is 0 Å². The zero-order valence-electron chi connectivity index (χ0n) is 7.09. The maximum atomic E-state index is 9.01. The fourth-order valence-electron chi connectivity index (χ4n) is 1.04. The molecule has 5 heteroatoms. The lowest BCUT2D eigenvalue weighted by atomic mass is 10.1. The van der Waals surface area contributed by atoms with Gasteiger partial charge in [-0.25, -0.2) is 4.98 Å². The van der Waals surface area contributed by atoms with E-state index in [0.717, 1.165) is 5.56 Å². The Hall–Kier alpha value is -0.350. The number of halogens is 2. The summed E-state index contributed by atoms with van der Waals surface area (Å²) >= 11 is 11.6. The van der Waals surface area contributed by atoms with Gasteiger partial charge in [-0.1, -0.05) is 23.2 Å². The quantitative estimate of drug-likeness (QED) is 0.762. The Balaban J connectivity index is 3.03. The molecule has 0 amide bonds. The summed E-state index contributed by atoms with van der Waals surface area (Å²) in [7, 11) is 1.74. The van der Waals surface area contributed by atoms with Gasteiger partial charge in [-0.2, -0.15) is 0 Å². The first-order chi connectivity index (χ1) is 6.19. The third-order valence-corrected chi connectivity index (χ3v) is 2.28. The summed E-state index contributed by atoms with van der Waals surface area (Å²) in [4.78, 5) is 3.81. The van der Waals surface area contributed by atoms with Crippen molar-refractivity contribution >= 4 is 23.2 Å². The molecule has 0 aromatic carbocycles. The minimum Gasteiger partial charge on any atom is -0.394 e. The minimum absolute atomic E-state index is 0.0312. The van der Waals surface area contributed by atoms with Crippen LogP contribution in [0, 0.1) is 0 Å². The Bertz CT molecular complexity index is 289. The maximum Gasteiger partial charge on any atom is 0.129 e. The van der Waals surface area contributed by atoms with Crippen LogP contribution in [-0.2, 0) is 0 Å². The number of aliphatic hydroxyl groups excluding tert-OH is 1. The normalized spacial score (nSPS) is 12.9. The van der Waals surface area contributed by atoms with Gasteiger partial charge in [0, 0.05) is 6.20 Å². The van der Waals surface area contributed by atoms with Gasteiger partial charge in [0.05, 0.1) is 17.7 Å². The summed E-state index contributed by atoms with van der Waals surface area (Å²) in [6.07, 6.45) is 1.47. The third kappa shape index (κ3) is 2.54. The number of hydrogen-bond acceptors (Lipinski definition) is 3. The molecule has 0 saturated carbocycles. The highest BCUT2D eigenvalue weighted by Crippen LogP contribution is 2.23. The van der Waals surface area contributed by atoms with Crippen molar-refractivity contribution in [3.05, 3.63) is 28.0 Å². The highest BCUT2D eigenvalue weighted by molar-refractivity contribution is 6.32. The molecule has 0 radical (unpaired) electrons. The van der Waals surface area contributed by atoms with E-state index in [2.05, 4.69) is 10.3 Å². The first kappa shape index (κ1) is 10.7. The van der Waals surface area contributed by atoms with Crippen molar-refractivity contribution in [2.45, 2.75) is 6.04 Å². The summed E-state index contributed by atoms with van der Waals surface area (Å²) in [5.41, 5.74) is 0.756. The lowest BCUT2D eigenvalue weighted by Gasteiger charge is -2.14. The summed E-state index contributed by atoms with van der Waals surface area (Å²) < 4.78 is 0. The molecule has 0 saturated heterocycles. The van der Waals surface area contributed by atoms with E-state index in [1.807, 2.05) is 0 Å². The van der Waals surface area contributed by atoms with E-state index in [4.69, 9.17) is 28.3 Å². The predicted molar refractivity (Wildman–Crippen MR) is 53.1 cm³/mol. The number of likely N-dealkylation sites (N-methyl/N-ethyl adjacent to an activating group) is 1. The van der Waals surface area contributed by atoms with Gasteiger partial charge in [0.2, 0.25) is 0 Å². The molecular weight excluding hydrogens is 211 g/mol. The molecule has 3 nitrogen and oxygen atoms in total. The minimum atomic E-state index is -0.201. The summed E-state index contributed by atoms with van der Waals surface area (Å²) in [6.45, 7) is -0.0312. The number of nitrogens with zero attached hydrogens (tertiary/aromatic N) is 1. The SMILES string of the molecule is CN[C@H](CO)c1cc(Cl)ncc1Cl. The summed E-state index contributed by atoms with van der Waals surface area (Å²) in [5.74, 6) is 0. The first-order valence-electron chi connectivity index (χ1n) is 3.78. The van der Waals surface area contributed by atoms with E-state index in [0.29, 0.717) is 10.2 Å². The molecule has 2 N–H and O–H groups in total. The van der Waals surface area contributed by atoms with Crippen LogP contribution in [0.3, 0.4) is 0 Å². The molecule has 0 unspecified atom stereocenters. The molecule has 1 aromatic rings. The Labute approximate surface area is 86.7 Å². The average molecular weight is 221 g/mol. The van der Waals surface area contributed by atoms with Gasteiger partial charge in [0.1, 0.15) is 5.15 Å². The van der Waals surface area contributed by atoms with Crippen molar-refractivity contribution in [1.29, 1.82) is 0 Å². The number of aromatic nitrogens is 1. The number of pyridine rings is 1. The van der Waals surface area contributed by atoms with Gasteiger partial charge in [0.25, 0.3) is 0 Å². The van der Waals surface area contributed by atoms with E-state index >= 15 is 0 Å². The molecule has 0 aliphatic rings. The van der Waals surface area contributed by atoms with Crippen molar-refractivity contribution in [3.8, 4) is 0 Å². The first-order valence-corrected chi connectivity index (χ1v) is 4.53. The number of aliphatic hydroxyl groups is 1. The Morgan fingerprint density at radius 1 is 1.62 bits per heavy atom.